The van der Waals surface area contributed by atoms with Crippen LogP contribution >= 0.6 is 11.8 Å². The first-order chi connectivity index (χ1) is 9.80. The summed E-state index contributed by atoms with van der Waals surface area (Å²) in [5.41, 5.74) is 3.21. The van der Waals surface area contributed by atoms with Crippen LogP contribution in [0, 0.1) is 11.3 Å². The lowest BCUT2D eigenvalue weighted by Crippen LogP contribution is -2.30. The van der Waals surface area contributed by atoms with Gasteiger partial charge in [-0.1, -0.05) is 19.1 Å². The van der Waals surface area contributed by atoms with E-state index in [1.807, 2.05) is 18.2 Å². The summed E-state index contributed by atoms with van der Waals surface area (Å²) in [4.78, 5) is 3.36. The van der Waals surface area contributed by atoms with Crippen LogP contribution in [0.5, 0.6) is 0 Å². The number of nitriles is 1. The molecule has 0 bridgehead atoms. The lowest BCUT2D eigenvalue weighted by molar-refractivity contribution is 0.222. The van der Waals surface area contributed by atoms with Gasteiger partial charge in [-0.3, -0.25) is 0 Å². The number of rotatable bonds is 5. The molecule has 1 aliphatic rings. The quantitative estimate of drug-likeness (QED) is 0.614. The lowest BCUT2D eigenvalue weighted by Gasteiger charge is -2.29. The maximum absolute atomic E-state index is 9.47. The summed E-state index contributed by atoms with van der Waals surface area (Å²) in [5.74, 6) is 0.982. The third kappa shape index (κ3) is 3.36. The number of hydrogen-bond donors (Lipinski definition) is 0. The minimum Gasteiger partial charge on any atom is -0.380 e. The van der Waals surface area contributed by atoms with Gasteiger partial charge in [0.2, 0.25) is 0 Å². The molecule has 0 fully saturated rings. The van der Waals surface area contributed by atoms with Crippen LogP contribution in [0.4, 0.5) is 5.69 Å². The average molecular weight is 288 g/mol. The van der Waals surface area contributed by atoms with Crippen LogP contribution in [0.2, 0.25) is 0 Å². The summed E-state index contributed by atoms with van der Waals surface area (Å²) in [5, 5.41) is 9.47. The Balaban J connectivity index is 2.22. The zero-order chi connectivity index (χ0) is 14.4. The highest BCUT2D eigenvalue weighted by molar-refractivity contribution is 7.99. The molecule has 1 aliphatic heterocycles. The predicted octanol–water partition coefficient (Wildman–Crippen LogP) is 3.45. The predicted molar refractivity (Wildman–Crippen MR) is 84.3 cm³/mol. The number of anilines is 1. The van der Waals surface area contributed by atoms with E-state index in [0.717, 1.165) is 41.4 Å². The Morgan fingerprint density at radius 2 is 2.30 bits per heavy atom. The summed E-state index contributed by atoms with van der Waals surface area (Å²) < 4.78 is 5.18. The highest BCUT2D eigenvalue weighted by Gasteiger charge is 2.17. The number of methoxy groups -OCH3 is 1. The molecule has 0 N–H and O–H groups in total. The van der Waals surface area contributed by atoms with E-state index in [0.29, 0.717) is 6.61 Å². The van der Waals surface area contributed by atoms with Crippen LogP contribution in [-0.4, -0.2) is 32.6 Å². The molecule has 0 saturated carbocycles. The third-order valence-electron chi connectivity index (χ3n) is 3.39. The Morgan fingerprint density at radius 1 is 1.45 bits per heavy atom. The van der Waals surface area contributed by atoms with Gasteiger partial charge in [0.05, 0.1) is 17.9 Å². The van der Waals surface area contributed by atoms with Gasteiger partial charge in [0, 0.05) is 25.1 Å². The fraction of sp³-hybridized carbons (Fsp3) is 0.438. The normalized spacial score (nSPS) is 14.8. The zero-order valence-corrected chi connectivity index (χ0v) is 12.9. The van der Waals surface area contributed by atoms with Gasteiger partial charge in [-0.05, 0) is 29.9 Å². The fourth-order valence-electron chi connectivity index (χ4n) is 2.42. The highest BCUT2D eigenvalue weighted by Crippen LogP contribution is 2.31. The van der Waals surface area contributed by atoms with Crippen molar-refractivity contribution >= 4 is 17.4 Å². The SMILES string of the molecule is CCSc1cccc(N2CC=C(COC)CC2)c1C#N. The molecule has 0 aliphatic carbocycles. The van der Waals surface area contributed by atoms with Gasteiger partial charge in [-0.2, -0.15) is 5.26 Å². The number of hydrogen-bond acceptors (Lipinski definition) is 4. The molecule has 0 unspecified atom stereocenters. The van der Waals surface area contributed by atoms with Crippen LogP contribution in [0.3, 0.4) is 0 Å². The molecule has 1 aromatic rings. The molecule has 4 heteroatoms. The Bertz CT molecular complexity index is 534. The van der Waals surface area contributed by atoms with E-state index in [2.05, 4.69) is 24.0 Å². The minimum atomic E-state index is 0.713. The van der Waals surface area contributed by atoms with Gasteiger partial charge in [0.15, 0.2) is 0 Å². The molecular weight excluding hydrogens is 268 g/mol. The van der Waals surface area contributed by atoms with Crippen molar-refractivity contribution in [2.24, 2.45) is 0 Å². The van der Waals surface area contributed by atoms with Crippen LogP contribution in [-0.2, 0) is 4.74 Å². The van der Waals surface area contributed by atoms with Crippen molar-refractivity contribution in [1.29, 1.82) is 5.26 Å². The molecule has 0 spiro atoms. The molecule has 0 aromatic heterocycles. The Kier molecular flexibility index (Phi) is 5.51. The van der Waals surface area contributed by atoms with E-state index in [9.17, 15) is 5.26 Å². The van der Waals surface area contributed by atoms with Crippen LogP contribution < -0.4 is 4.90 Å². The van der Waals surface area contributed by atoms with Gasteiger partial charge in [-0.15, -0.1) is 11.8 Å². The van der Waals surface area contributed by atoms with Crippen LogP contribution in [0.15, 0.2) is 34.7 Å². The summed E-state index contributed by atoms with van der Waals surface area (Å²) in [6.07, 6.45) is 3.22. The van der Waals surface area contributed by atoms with Crippen LogP contribution in [0.25, 0.3) is 0 Å². The Hall–Kier alpha value is -1.44. The molecule has 2 rings (SSSR count). The maximum Gasteiger partial charge on any atom is 0.103 e. The number of ether oxygens (including phenoxy) is 1. The maximum atomic E-state index is 9.47. The van der Waals surface area contributed by atoms with Gasteiger partial charge < -0.3 is 9.64 Å². The number of nitrogens with zero attached hydrogens (tertiary/aromatic N) is 2. The lowest BCUT2D eigenvalue weighted by atomic mass is 10.1. The topological polar surface area (TPSA) is 36.3 Å². The molecular formula is C16H20N2OS. The summed E-state index contributed by atoms with van der Waals surface area (Å²) in [7, 11) is 1.73. The summed E-state index contributed by atoms with van der Waals surface area (Å²) in [6, 6.07) is 8.50. The van der Waals surface area contributed by atoms with Crippen LogP contribution in [0.1, 0.15) is 18.9 Å². The standard InChI is InChI=1S/C16H20N2OS/c1-3-20-16-6-4-5-15(14(16)11-17)18-9-7-13(8-10-18)12-19-2/h4-7H,3,8-10,12H2,1-2H3. The second-order valence-corrected chi connectivity index (χ2v) is 5.99. The summed E-state index contributed by atoms with van der Waals surface area (Å²) >= 11 is 1.73. The molecule has 0 radical (unpaired) electrons. The molecule has 3 nitrogen and oxygen atoms in total. The molecule has 0 amide bonds. The molecule has 1 heterocycles. The molecule has 0 atom stereocenters. The van der Waals surface area contributed by atoms with E-state index in [-0.39, 0.29) is 0 Å². The van der Waals surface area contributed by atoms with Gasteiger partial charge in [-0.25, -0.2) is 0 Å². The number of thioether (sulfide) groups is 1. The number of benzene rings is 1. The van der Waals surface area contributed by atoms with Gasteiger partial charge >= 0.3 is 0 Å². The monoisotopic (exact) mass is 288 g/mol. The van der Waals surface area contributed by atoms with E-state index in [1.54, 1.807) is 18.9 Å². The smallest absolute Gasteiger partial charge is 0.103 e. The van der Waals surface area contributed by atoms with Crippen molar-refractivity contribution in [2.75, 3.05) is 37.5 Å². The minimum absolute atomic E-state index is 0.713. The van der Waals surface area contributed by atoms with Crippen molar-refractivity contribution in [2.45, 2.75) is 18.2 Å². The molecule has 106 valence electrons. The van der Waals surface area contributed by atoms with E-state index in [1.165, 1.54) is 5.57 Å². The second kappa shape index (κ2) is 7.37. The average Bonchev–Trinajstić information content (AvgIpc) is 2.48. The zero-order valence-electron chi connectivity index (χ0n) is 12.1. The molecule has 20 heavy (non-hydrogen) atoms. The third-order valence-corrected chi connectivity index (χ3v) is 4.33. The van der Waals surface area contributed by atoms with E-state index in [4.69, 9.17) is 4.74 Å². The summed E-state index contributed by atoms with van der Waals surface area (Å²) in [6.45, 7) is 4.63. The van der Waals surface area contributed by atoms with Crippen molar-refractivity contribution in [3.63, 3.8) is 0 Å². The van der Waals surface area contributed by atoms with Crippen molar-refractivity contribution in [1.82, 2.24) is 0 Å². The highest BCUT2D eigenvalue weighted by atomic mass is 32.2. The molecule has 1 aromatic carbocycles. The van der Waals surface area contributed by atoms with E-state index < -0.39 is 0 Å². The largest absolute Gasteiger partial charge is 0.380 e. The van der Waals surface area contributed by atoms with Crippen molar-refractivity contribution in [3.8, 4) is 6.07 Å². The van der Waals surface area contributed by atoms with Crippen molar-refractivity contribution < 1.29 is 4.74 Å². The fourth-order valence-corrected chi connectivity index (χ4v) is 3.20. The molecule has 0 saturated heterocycles. The van der Waals surface area contributed by atoms with Gasteiger partial charge in [0.1, 0.15) is 6.07 Å². The Labute approximate surface area is 125 Å². The van der Waals surface area contributed by atoms with Gasteiger partial charge in [0.25, 0.3) is 0 Å². The van der Waals surface area contributed by atoms with E-state index >= 15 is 0 Å². The van der Waals surface area contributed by atoms with Crippen molar-refractivity contribution in [3.05, 3.63) is 35.4 Å². The second-order valence-electron chi connectivity index (χ2n) is 4.69. The first-order valence-electron chi connectivity index (χ1n) is 6.87. The first-order valence-corrected chi connectivity index (χ1v) is 7.86. The Morgan fingerprint density at radius 3 is 2.90 bits per heavy atom. The first kappa shape index (κ1) is 15.0.